The maximum absolute atomic E-state index is 14.2. The summed E-state index contributed by atoms with van der Waals surface area (Å²) >= 11 is 0. The van der Waals surface area contributed by atoms with Crippen molar-refractivity contribution in [1.29, 1.82) is 0 Å². The summed E-state index contributed by atoms with van der Waals surface area (Å²) in [7, 11) is -3.52. The number of aromatic carboxylic acids is 1. The third kappa shape index (κ3) is 4.68. The lowest BCUT2D eigenvalue weighted by Gasteiger charge is -2.16. The van der Waals surface area contributed by atoms with E-state index in [2.05, 4.69) is 0 Å². The van der Waals surface area contributed by atoms with E-state index in [1.54, 1.807) is 0 Å². The smallest absolute Gasteiger partial charge is 0.404 e. The monoisotopic (exact) mass is 376 g/mol. The number of hydrogen-bond donors (Lipinski definition) is 2. The molecule has 138 valence electrons. The van der Waals surface area contributed by atoms with E-state index in [0.717, 1.165) is 4.57 Å². The van der Waals surface area contributed by atoms with Gasteiger partial charge >= 0.3 is 12.1 Å². The van der Waals surface area contributed by atoms with E-state index in [-0.39, 0.29) is 19.6 Å². The number of rotatable bonds is 8. The SMILES string of the molecule is COCCCn1cc(S(=O)(=O)N[C@H](C)C(F)(F)F)c(F)c1C(=O)O. The Hall–Kier alpha value is -1.66. The highest BCUT2D eigenvalue weighted by Gasteiger charge is 2.40. The normalized spacial score (nSPS) is 13.9. The Bertz CT molecular complexity index is 699. The summed E-state index contributed by atoms with van der Waals surface area (Å²) in [6.45, 7) is 0.657. The van der Waals surface area contributed by atoms with Gasteiger partial charge in [0.25, 0.3) is 0 Å². The van der Waals surface area contributed by atoms with Crippen LogP contribution in [0.4, 0.5) is 17.6 Å². The number of hydrogen-bond acceptors (Lipinski definition) is 4. The molecule has 0 radical (unpaired) electrons. The zero-order valence-electron chi connectivity index (χ0n) is 12.7. The standard InChI is InChI=1S/C12H16F4N2O5S/c1-7(12(14,15)16)17-24(21,22)8-6-18(4-3-5-23-2)10(9(8)13)11(19)20/h6-7,17H,3-5H2,1-2H3,(H,19,20)/t7-/m1/s1. The van der Waals surface area contributed by atoms with Crippen LogP contribution < -0.4 is 4.72 Å². The maximum Gasteiger partial charge on any atom is 0.404 e. The minimum Gasteiger partial charge on any atom is -0.476 e. The van der Waals surface area contributed by atoms with Gasteiger partial charge in [0, 0.05) is 26.5 Å². The van der Waals surface area contributed by atoms with Crippen LogP contribution in [0.2, 0.25) is 0 Å². The number of carboxylic acids is 1. The molecule has 0 fully saturated rings. The van der Waals surface area contributed by atoms with Gasteiger partial charge < -0.3 is 14.4 Å². The molecule has 7 nitrogen and oxygen atoms in total. The number of carbonyl (C=O) groups is 1. The predicted octanol–water partition coefficient (Wildman–Crippen LogP) is 1.59. The maximum atomic E-state index is 14.2. The van der Waals surface area contributed by atoms with E-state index < -0.39 is 44.6 Å². The van der Waals surface area contributed by atoms with Gasteiger partial charge in [-0.2, -0.15) is 17.9 Å². The summed E-state index contributed by atoms with van der Waals surface area (Å²) in [5.41, 5.74) is -0.953. The molecule has 0 aliphatic heterocycles. The summed E-state index contributed by atoms with van der Waals surface area (Å²) in [5.74, 6) is -3.36. The molecule has 1 rings (SSSR count). The highest BCUT2D eigenvalue weighted by atomic mass is 32.2. The molecule has 0 bridgehead atoms. The van der Waals surface area contributed by atoms with Gasteiger partial charge in [0.15, 0.2) is 11.5 Å². The van der Waals surface area contributed by atoms with Crippen LogP contribution in [-0.4, -0.2) is 50.0 Å². The number of nitrogens with one attached hydrogen (secondary N) is 1. The van der Waals surface area contributed by atoms with Crippen LogP contribution in [0.3, 0.4) is 0 Å². The van der Waals surface area contributed by atoms with Crippen molar-refractivity contribution in [2.24, 2.45) is 0 Å². The van der Waals surface area contributed by atoms with Gasteiger partial charge in [0.05, 0.1) is 0 Å². The predicted molar refractivity (Wildman–Crippen MR) is 73.7 cm³/mol. The number of halogens is 4. The second kappa shape index (κ2) is 7.49. The van der Waals surface area contributed by atoms with E-state index in [1.807, 2.05) is 0 Å². The molecule has 1 aromatic rings. The first kappa shape index (κ1) is 20.4. The third-order valence-corrected chi connectivity index (χ3v) is 4.57. The molecule has 24 heavy (non-hydrogen) atoms. The second-order valence-corrected chi connectivity index (χ2v) is 6.57. The van der Waals surface area contributed by atoms with E-state index >= 15 is 0 Å². The molecule has 0 saturated carbocycles. The third-order valence-electron chi connectivity index (χ3n) is 3.05. The Kier molecular flexibility index (Phi) is 6.36. The minimum absolute atomic E-state index is 0.0866. The topological polar surface area (TPSA) is 97.6 Å². The van der Waals surface area contributed by atoms with Crippen molar-refractivity contribution in [3.05, 3.63) is 17.7 Å². The van der Waals surface area contributed by atoms with Gasteiger partial charge in [0.1, 0.15) is 10.9 Å². The number of ether oxygens (including phenoxy) is 1. The van der Waals surface area contributed by atoms with E-state index in [9.17, 15) is 30.8 Å². The summed E-state index contributed by atoms with van der Waals surface area (Å²) in [5, 5.41) is 9.01. The fourth-order valence-corrected chi connectivity index (χ4v) is 3.15. The average molecular weight is 376 g/mol. The highest BCUT2D eigenvalue weighted by molar-refractivity contribution is 7.89. The van der Waals surface area contributed by atoms with Gasteiger partial charge in [-0.3, -0.25) is 0 Å². The van der Waals surface area contributed by atoms with E-state index in [4.69, 9.17) is 9.84 Å². The van der Waals surface area contributed by atoms with Crippen molar-refractivity contribution < 1.29 is 40.6 Å². The number of carboxylic acid groups (broad SMARTS) is 1. The molecule has 0 amide bonds. The van der Waals surface area contributed by atoms with Crippen molar-refractivity contribution in [3.8, 4) is 0 Å². The summed E-state index contributed by atoms with van der Waals surface area (Å²) in [6, 6.07) is -2.47. The van der Waals surface area contributed by atoms with Gasteiger partial charge in [0.2, 0.25) is 10.0 Å². The zero-order chi connectivity index (χ0) is 18.7. The molecule has 0 aromatic carbocycles. The molecule has 0 saturated heterocycles. The lowest BCUT2D eigenvalue weighted by molar-refractivity contribution is -0.147. The first-order valence-corrected chi connectivity index (χ1v) is 8.10. The van der Waals surface area contributed by atoms with Crippen LogP contribution in [0, 0.1) is 5.82 Å². The number of alkyl halides is 3. The molecule has 1 atom stereocenters. The number of methoxy groups -OCH3 is 1. The molecule has 12 heteroatoms. The van der Waals surface area contributed by atoms with Crippen LogP contribution in [0.25, 0.3) is 0 Å². The fraction of sp³-hybridized carbons (Fsp3) is 0.583. The Balaban J connectivity index is 3.23. The second-order valence-electron chi connectivity index (χ2n) is 4.89. The van der Waals surface area contributed by atoms with Crippen molar-refractivity contribution in [2.75, 3.05) is 13.7 Å². The van der Waals surface area contributed by atoms with E-state index in [1.165, 1.54) is 11.8 Å². The highest BCUT2D eigenvalue weighted by Crippen LogP contribution is 2.25. The van der Waals surface area contributed by atoms with Gasteiger partial charge in [-0.1, -0.05) is 0 Å². The summed E-state index contributed by atoms with van der Waals surface area (Å²) in [4.78, 5) is 9.95. The van der Waals surface area contributed by atoms with Crippen LogP contribution in [-0.2, 0) is 21.3 Å². The van der Waals surface area contributed by atoms with Crippen molar-refractivity contribution in [3.63, 3.8) is 0 Å². The Morgan fingerprint density at radius 1 is 1.46 bits per heavy atom. The molecule has 0 aliphatic rings. The first-order chi connectivity index (χ1) is 10.9. The quantitative estimate of drug-likeness (QED) is 0.530. The minimum atomic E-state index is -4.90. The van der Waals surface area contributed by atoms with Gasteiger partial charge in [-0.05, 0) is 13.3 Å². The molecule has 0 aliphatic carbocycles. The van der Waals surface area contributed by atoms with Crippen LogP contribution in [0.5, 0.6) is 0 Å². The fourth-order valence-electron chi connectivity index (χ4n) is 1.83. The molecule has 1 heterocycles. The largest absolute Gasteiger partial charge is 0.476 e. The average Bonchev–Trinajstić information content (AvgIpc) is 2.75. The van der Waals surface area contributed by atoms with Crippen molar-refractivity contribution >= 4 is 16.0 Å². The van der Waals surface area contributed by atoms with Crippen molar-refractivity contribution in [2.45, 2.75) is 37.0 Å². The number of nitrogens with zero attached hydrogens (tertiary/aromatic N) is 1. The molecular weight excluding hydrogens is 360 g/mol. The molecule has 0 spiro atoms. The number of aryl methyl sites for hydroxylation is 1. The van der Waals surface area contributed by atoms with Gasteiger partial charge in [-0.15, -0.1) is 0 Å². The number of sulfonamides is 1. The molecular formula is C12H16F4N2O5S. The van der Waals surface area contributed by atoms with Crippen LogP contribution in [0.15, 0.2) is 11.1 Å². The van der Waals surface area contributed by atoms with E-state index in [0.29, 0.717) is 13.1 Å². The Morgan fingerprint density at radius 2 is 2.04 bits per heavy atom. The Morgan fingerprint density at radius 3 is 2.50 bits per heavy atom. The lowest BCUT2D eigenvalue weighted by atomic mass is 10.4. The lowest BCUT2D eigenvalue weighted by Crippen LogP contribution is -2.43. The number of aromatic nitrogens is 1. The van der Waals surface area contributed by atoms with Gasteiger partial charge in [-0.25, -0.2) is 17.6 Å². The zero-order valence-corrected chi connectivity index (χ0v) is 13.5. The van der Waals surface area contributed by atoms with Crippen LogP contribution in [0.1, 0.15) is 23.8 Å². The summed E-state index contributed by atoms with van der Waals surface area (Å²) in [6.07, 6.45) is -3.98. The molecule has 1 aromatic heterocycles. The summed E-state index contributed by atoms with van der Waals surface area (Å²) < 4.78 is 82.3. The van der Waals surface area contributed by atoms with Crippen molar-refractivity contribution in [1.82, 2.24) is 9.29 Å². The van der Waals surface area contributed by atoms with Crippen LogP contribution >= 0.6 is 0 Å². The molecule has 0 unspecified atom stereocenters. The molecule has 2 N–H and O–H groups in total. The first-order valence-electron chi connectivity index (χ1n) is 6.61. The Labute approximate surface area is 135 Å².